The van der Waals surface area contributed by atoms with E-state index in [9.17, 15) is 4.79 Å². The van der Waals surface area contributed by atoms with E-state index in [2.05, 4.69) is 15.2 Å². The molecule has 8 nitrogen and oxygen atoms in total. The highest BCUT2D eigenvalue weighted by Crippen LogP contribution is 2.27. The zero-order chi connectivity index (χ0) is 22.3. The first-order valence-electron chi connectivity index (χ1n) is 11.2. The fourth-order valence-corrected chi connectivity index (χ4v) is 4.48. The maximum absolute atomic E-state index is 12.8. The highest BCUT2D eigenvalue weighted by molar-refractivity contribution is 5.89. The van der Waals surface area contributed by atoms with Gasteiger partial charge in [-0.25, -0.2) is 4.79 Å². The molecule has 32 heavy (non-hydrogen) atoms. The number of anilines is 1. The molecule has 2 aliphatic rings. The zero-order valence-electron chi connectivity index (χ0n) is 18.8. The molecule has 1 N–H and O–H groups in total. The molecule has 2 saturated heterocycles. The third-order valence-electron chi connectivity index (χ3n) is 6.30. The van der Waals surface area contributed by atoms with Gasteiger partial charge in [0, 0.05) is 68.5 Å². The van der Waals surface area contributed by atoms with E-state index in [-0.39, 0.29) is 12.1 Å². The van der Waals surface area contributed by atoms with E-state index in [1.54, 1.807) is 44.8 Å². The lowest BCUT2D eigenvalue weighted by molar-refractivity contribution is 0.0545. The van der Waals surface area contributed by atoms with Gasteiger partial charge in [-0.15, -0.1) is 0 Å². The molecule has 1 aromatic heterocycles. The molecule has 4 rings (SSSR count). The monoisotopic (exact) mass is 440 g/mol. The van der Waals surface area contributed by atoms with Crippen molar-refractivity contribution < 1.29 is 19.0 Å². The SMILES string of the molecule is COc1cc(NC(=O)N2CCC(N3CCC(Oc4ccncc4)CC3)CC2)cc(OC)c1. The summed E-state index contributed by atoms with van der Waals surface area (Å²) < 4.78 is 16.7. The van der Waals surface area contributed by atoms with Crippen LogP contribution in [0.15, 0.2) is 42.7 Å². The van der Waals surface area contributed by atoms with E-state index in [0.29, 0.717) is 23.2 Å². The molecule has 2 fully saturated rings. The molecular weight excluding hydrogens is 408 g/mol. The van der Waals surface area contributed by atoms with E-state index >= 15 is 0 Å². The van der Waals surface area contributed by atoms with Crippen LogP contribution >= 0.6 is 0 Å². The van der Waals surface area contributed by atoms with Gasteiger partial charge in [-0.05, 0) is 37.8 Å². The van der Waals surface area contributed by atoms with Crippen LogP contribution in [0.2, 0.25) is 0 Å². The van der Waals surface area contributed by atoms with Crippen molar-refractivity contribution in [2.24, 2.45) is 0 Å². The van der Waals surface area contributed by atoms with Gasteiger partial charge in [-0.1, -0.05) is 0 Å². The highest BCUT2D eigenvalue weighted by Gasteiger charge is 2.30. The predicted octanol–water partition coefficient (Wildman–Crippen LogP) is 3.64. The number of benzene rings is 1. The maximum atomic E-state index is 12.8. The quantitative estimate of drug-likeness (QED) is 0.739. The largest absolute Gasteiger partial charge is 0.497 e. The van der Waals surface area contributed by atoms with Crippen LogP contribution in [0.3, 0.4) is 0 Å². The average Bonchev–Trinajstić information content (AvgIpc) is 2.85. The molecule has 0 saturated carbocycles. The minimum absolute atomic E-state index is 0.0804. The molecule has 0 aliphatic carbocycles. The van der Waals surface area contributed by atoms with Gasteiger partial charge in [0.25, 0.3) is 0 Å². The summed E-state index contributed by atoms with van der Waals surface area (Å²) in [5.74, 6) is 2.19. The molecule has 1 aromatic carbocycles. The molecule has 0 atom stereocenters. The van der Waals surface area contributed by atoms with Crippen molar-refractivity contribution in [2.75, 3.05) is 45.7 Å². The average molecular weight is 441 g/mol. The number of rotatable bonds is 6. The number of ether oxygens (including phenoxy) is 3. The third-order valence-corrected chi connectivity index (χ3v) is 6.30. The Labute approximate surface area is 189 Å². The number of piperidine rings is 2. The summed E-state index contributed by atoms with van der Waals surface area (Å²) in [6.07, 6.45) is 7.83. The molecule has 0 unspecified atom stereocenters. The molecule has 172 valence electrons. The second kappa shape index (κ2) is 10.5. The number of pyridine rings is 1. The molecule has 0 spiro atoms. The number of urea groups is 1. The first-order chi connectivity index (χ1) is 15.6. The summed E-state index contributed by atoms with van der Waals surface area (Å²) >= 11 is 0. The number of carbonyl (C=O) groups excluding carboxylic acids is 1. The van der Waals surface area contributed by atoms with Crippen molar-refractivity contribution >= 4 is 11.7 Å². The molecule has 0 radical (unpaired) electrons. The normalized spacial score (nSPS) is 18.2. The molecular formula is C24H32N4O4. The Hall–Kier alpha value is -3.00. The maximum Gasteiger partial charge on any atom is 0.321 e. The number of methoxy groups -OCH3 is 2. The first kappa shape index (κ1) is 22.2. The third kappa shape index (κ3) is 5.62. The van der Waals surface area contributed by atoms with Crippen LogP contribution in [0.1, 0.15) is 25.7 Å². The van der Waals surface area contributed by atoms with Gasteiger partial charge in [0.15, 0.2) is 0 Å². The van der Waals surface area contributed by atoms with E-state index in [1.807, 2.05) is 17.0 Å². The lowest BCUT2D eigenvalue weighted by Gasteiger charge is -2.41. The Balaban J connectivity index is 1.23. The summed E-state index contributed by atoms with van der Waals surface area (Å²) in [7, 11) is 3.19. The van der Waals surface area contributed by atoms with Gasteiger partial charge in [0.05, 0.1) is 14.2 Å². The summed E-state index contributed by atoms with van der Waals surface area (Å²) in [6.45, 7) is 3.59. The summed E-state index contributed by atoms with van der Waals surface area (Å²) in [5, 5.41) is 2.98. The number of amides is 2. The first-order valence-corrected chi connectivity index (χ1v) is 11.2. The number of hydrogen-bond donors (Lipinski definition) is 1. The second-order valence-corrected chi connectivity index (χ2v) is 8.29. The van der Waals surface area contributed by atoms with Gasteiger partial charge < -0.3 is 24.4 Å². The van der Waals surface area contributed by atoms with Crippen LogP contribution in [0.5, 0.6) is 17.2 Å². The summed E-state index contributed by atoms with van der Waals surface area (Å²) in [4.78, 5) is 21.3. The molecule has 2 aromatic rings. The molecule has 2 amide bonds. The Kier molecular flexibility index (Phi) is 7.32. The van der Waals surface area contributed by atoms with E-state index in [4.69, 9.17) is 14.2 Å². The van der Waals surface area contributed by atoms with Crippen molar-refractivity contribution in [1.29, 1.82) is 0 Å². The zero-order valence-corrected chi connectivity index (χ0v) is 18.8. The summed E-state index contributed by atoms with van der Waals surface area (Å²) in [5.41, 5.74) is 0.671. The van der Waals surface area contributed by atoms with Crippen LogP contribution in [0.4, 0.5) is 10.5 Å². The molecule has 0 bridgehead atoms. The fourth-order valence-electron chi connectivity index (χ4n) is 4.48. The topological polar surface area (TPSA) is 76.2 Å². The summed E-state index contributed by atoms with van der Waals surface area (Å²) in [6, 6.07) is 9.65. The number of nitrogens with one attached hydrogen (secondary N) is 1. The Bertz CT molecular complexity index is 857. The van der Waals surface area contributed by atoms with Gasteiger partial charge >= 0.3 is 6.03 Å². The number of aromatic nitrogens is 1. The van der Waals surface area contributed by atoms with Crippen LogP contribution in [0.25, 0.3) is 0 Å². The molecule has 2 aliphatic heterocycles. The van der Waals surface area contributed by atoms with Crippen molar-refractivity contribution in [3.63, 3.8) is 0 Å². The van der Waals surface area contributed by atoms with Gasteiger partial charge in [-0.3, -0.25) is 9.88 Å². The minimum Gasteiger partial charge on any atom is -0.497 e. The highest BCUT2D eigenvalue weighted by atomic mass is 16.5. The minimum atomic E-state index is -0.0804. The van der Waals surface area contributed by atoms with E-state index in [0.717, 1.165) is 57.6 Å². The van der Waals surface area contributed by atoms with E-state index < -0.39 is 0 Å². The lowest BCUT2D eigenvalue weighted by atomic mass is 9.99. The van der Waals surface area contributed by atoms with Crippen LogP contribution < -0.4 is 19.5 Å². The predicted molar refractivity (Wildman–Crippen MR) is 123 cm³/mol. The second-order valence-electron chi connectivity index (χ2n) is 8.29. The van der Waals surface area contributed by atoms with Gasteiger partial charge in [0.1, 0.15) is 23.4 Å². The molecule has 3 heterocycles. The Morgan fingerprint density at radius 3 is 2.12 bits per heavy atom. The Morgan fingerprint density at radius 2 is 1.53 bits per heavy atom. The van der Waals surface area contributed by atoms with Crippen LogP contribution in [-0.2, 0) is 0 Å². The lowest BCUT2D eigenvalue weighted by Crippen LogP contribution is -2.50. The van der Waals surface area contributed by atoms with Crippen molar-refractivity contribution in [1.82, 2.24) is 14.8 Å². The molecule has 8 heteroatoms. The van der Waals surface area contributed by atoms with Crippen molar-refractivity contribution in [3.8, 4) is 17.2 Å². The number of likely N-dealkylation sites (tertiary alicyclic amines) is 2. The van der Waals surface area contributed by atoms with Crippen LogP contribution in [-0.4, -0.2) is 73.4 Å². The van der Waals surface area contributed by atoms with Crippen molar-refractivity contribution in [3.05, 3.63) is 42.7 Å². The number of hydrogen-bond acceptors (Lipinski definition) is 6. The smallest absolute Gasteiger partial charge is 0.321 e. The van der Waals surface area contributed by atoms with Crippen molar-refractivity contribution in [2.45, 2.75) is 37.8 Å². The standard InChI is InChI=1S/C24H32N4O4/c1-30-22-15-18(16-23(17-22)31-2)26-24(29)28-11-5-19(6-12-28)27-13-7-21(8-14-27)32-20-3-9-25-10-4-20/h3-4,9-10,15-17,19,21H,5-8,11-14H2,1-2H3,(H,26,29). The van der Waals surface area contributed by atoms with E-state index in [1.165, 1.54) is 0 Å². The van der Waals surface area contributed by atoms with Crippen LogP contribution in [0, 0.1) is 0 Å². The fraction of sp³-hybridized carbons (Fsp3) is 0.500. The number of nitrogens with zero attached hydrogens (tertiary/aromatic N) is 3. The number of carbonyl (C=O) groups is 1. The Morgan fingerprint density at radius 1 is 0.906 bits per heavy atom. The van der Waals surface area contributed by atoms with Gasteiger partial charge in [-0.2, -0.15) is 0 Å². The van der Waals surface area contributed by atoms with Gasteiger partial charge in [0.2, 0.25) is 0 Å².